The molecule has 0 aliphatic rings. The van der Waals surface area contributed by atoms with Crippen LogP contribution in [0.2, 0.25) is 0 Å². The lowest BCUT2D eigenvalue weighted by Gasteiger charge is -1.89. The van der Waals surface area contributed by atoms with Crippen molar-refractivity contribution < 1.29 is 4.74 Å². The van der Waals surface area contributed by atoms with Crippen molar-refractivity contribution in [3.05, 3.63) is 12.2 Å². The van der Waals surface area contributed by atoms with E-state index in [4.69, 9.17) is 10.00 Å². The molecule has 0 bridgehead atoms. The summed E-state index contributed by atoms with van der Waals surface area (Å²) in [6.07, 6.45) is 3.10. The predicted octanol–water partition coefficient (Wildman–Crippen LogP) is 1.10. The van der Waals surface area contributed by atoms with Gasteiger partial charge in [-0.1, -0.05) is 0 Å². The number of allylic oxidation sites excluding steroid dienone is 1. The largest absolute Gasteiger partial charge is 0.378 e. The summed E-state index contributed by atoms with van der Waals surface area (Å²) in [5.74, 6) is 0. The SMILES string of the molecule is CCOC/C=C/C#N. The van der Waals surface area contributed by atoms with E-state index < -0.39 is 0 Å². The lowest BCUT2D eigenvalue weighted by Crippen LogP contribution is -1.87. The van der Waals surface area contributed by atoms with Gasteiger partial charge in [0.05, 0.1) is 12.7 Å². The number of ether oxygens (including phenoxy) is 1. The highest BCUT2D eigenvalue weighted by molar-refractivity contribution is 5.01. The summed E-state index contributed by atoms with van der Waals surface area (Å²) in [6, 6.07) is 1.87. The van der Waals surface area contributed by atoms with Gasteiger partial charge in [-0.2, -0.15) is 5.26 Å². The molecule has 0 aliphatic heterocycles. The maximum atomic E-state index is 7.97. The van der Waals surface area contributed by atoms with Gasteiger partial charge in [0.25, 0.3) is 0 Å². The van der Waals surface area contributed by atoms with Gasteiger partial charge in [-0.15, -0.1) is 0 Å². The summed E-state index contributed by atoms with van der Waals surface area (Å²) in [4.78, 5) is 0. The molecule has 8 heavy (non-hydrogen) atoms. The van der Waals surface area contributed by atoms with E-state index in [0.29, 0.717) is 13.2 Å². The van der Waals surface area contributed by atoms with Crippen LogP contribution >= 0.6 is 0 Å². The Morgan fingerprint density at radius 2 is 2.50 bits per heavy atom. The quantitative estimate of drug-likeness (QED) is 0.403. The molecule has 0 atom stereocenters. The summed E-state index contributed by atoms with van der Waals surface area (Å²) in [7, 11) is 0. The van der Waals surface area contributed by atoms with E-state index in [1.807, 2.05) is 13.0 Å². The van der Waals surface area contributed by atoms with Crippen molar-refractivity contribution in [2.75, 3.05) is 13.2 Å². The normalized spacial score (nSPS) is 9.50. The van der Waals surface area contributed by atoms with Crippen molar-refractivity contribution >= 4 is 0 Å². The molecule has 0 N–H and O–H groups in total. The van der Waals surface area contributed by atoms with E-state index >= 15 is 0 Å². The van der Waals surface area contributed by atoms with Crippen molar-refractivity contribution in [3.8, 4) is 6.07 Å². The first kappa shape index (κ1) is 7.19. The Morgan fingerprint density at radius 3 is 3.00 bits per heavy atom. The summed E-state index contributed by atoms with van der Waals surface area (Å²) in [5.41, 5.74) is 0. The van der Waals surface area contributed by atoms with Gasteiger partial charge < -0.3 is 4.74 Å². The van der Waals surface area contributed by atoms with E-state index in [0.717, 1.165) is 0 Å². The second kappa shape index (κ2) is 6.19. The second-order valence-electron chi connectivity index (χ2n) is 1.19. The van der Waals surface area contributed by atoms with Crippen LogP contribution < -0.4 is 0 Å². The molecule has 2 nitrogen and oxygen atoms in total. The van der Waals surface area contributed by atoms with Crippen LogP contribution in [0.25, 0.3) is 0 Å². The number of nitriles is 1. The third-order valence-corrected chi connectivity index (χ3v) is 0.611. The zero-order chi connectivity index (χ0) is 6.24. The van der Waals surface area contributed by atoms with Gasteiger partial charge in [0, 0.05) is 12.7 Å². The molecule has 0 unspecified atom stereocenters. The number of hydrogen-bond acceptors (Lipinski definition) is 2. The van der Waals surface area contributed by atoms with Crippen LogP contribution in [0.4, 0.5) is 0 Å². The fraction of sp³-hybridized carbons (Fsp3) is 0.500. The first-order valence-corrected chi connectivity index (χ1v) is 2.54. The number of nitrogens with zero attached hydrogens (tertiary/aromatic N) is 1. The molecule has 0 fully saturated rings. The van der Waals surface area contributed by atoms with Crippen molar-refractivity contribution in [1.82, 2.24) is 0 Å². The molecule has 2 heteroatoms. The van der Waals surface area contributed by atoms with E-state index in [2.05, 4.69) is 0 Å². The first-order valence-electron chi connectivity index (χ1n) is 2.54. The molecule has 0 radical (unpaired) electrons. The summed E-state index contributed by atoms with van der Waals surface area (Å²) >= 11 is 0. The minimum atomic E-state index is 0.546. The fourth-order valence-electron chi connectivity index (χ4n) is 0.287. The lowest BCUT2D eigenvalue weighted by atomic mass is 10.5. The smallest absolute Gasteiger partial charge is 0.0909 e. The average molecular weight is 111 g/mol. The Balaban J connectivity index is 2.94. The van der Waals surface area contributed by atoms with E-state index in [1.54, 1.807) is 6.08 Å². The minimum absolute atomic E-state index is 0.546. The molecular weight excluding hydrogens is 102 g/mol. The molecule has 0 saturated heterocycles. The van der Waals surface area contributed by atoms with Crippen LogP contribution in [-0.4, -0.2) is 13.2 Å². The van der Waals surface area contributed by atoms with Gasteiger partial charge in [0.2, 0.25) is 0 Å². The van der Waals surface area contributed by atoms with Crippen molar-refractivity contribution in [1.29, 1.82) is 5.26 Å². The van der Waals surface area contributed by atoms with Gasteiger partial charge in [-0.25, -0.2) is 0 Å². The molecule has 0 rings (SSSR count). The molecular formula is C6H9NO. The monoisotopic (exact) mass is 111 g/mol. The van der Waals surface area contributed by atoms with E-state index in [9.17, 15) is 0 Å². The Labute approximate surface area is 49.4 Å². The molecule has 0 saturated carbocycles. The molecule has 0 aromatic carbocycles. The third-order valence-electron chi connectivity index (χ3n) is 0.611. The highest BCUT2D eigenvalue weighted by atomic mass is 16.5. The molecule has 0 amide bonds. The highest BCUT2D eigenvalue weighted by Crippen LogP contribution is 1.74. The van der Waals surface area contributed by atoms with Crippen LogP contribution in [0.15, 0.2) is 12.2 Å². The van der Waals surface area contributed by atoms with Crippen molar-refractivity contribution in [2.24, 2.45) is 0 Å². The zero-order valence-electron chi connectivity index (χ0n) is 4.92. The van der Waals surface area contributed by atoms with Gasteiger partial charge >= 0.3 is 0 Å². The number of rotatable bonds is 3. The topological polar surface area (TPSA) is 33.0 Å². The second-order valence-corrected chi connectivity index (χ2v) is 1.19. The van der Waals surface area contributed by atoms with Crippen LogP contribution in [-0.2, 0) is 4.74 Å². The minimum Gasteiger partial charge on any atom is -0.378 e. The fourth-order valence-corrected chi connectivity index (χ4v) is 0.287. The van der Waals surface area contributed by atoms with Crippen LogP contribution in [0.5, 0.6) is 0 Å². The summed E-state index contributed by atoms with van der Waals surface area (Å²) in [5, 5.41) is 7.97. The Bertz CT molecular complexity index is 102. The van der Waals surface area contributed by atoms with Gasteiger partial charge in [0.15, 0.2) is 0 Å². The molecule has 0 aromatic rings. The van der Waals surface area contributed by atoms with Crippen LogP contribution in [0.1, 0.15) is 6.92 Å². The maximum Gasteiger partial charge on any atom is 0.0909 e. The van der Waals surface area contributed by atoms with Gasteiger partial charge in [0.1, 0.15) is 0 Å². The molecule has 44 valence electrons. The van der Waals surface area contributed by atoms with Crippen molar-refractivity contribution in [3.63, 3.8) is 0 Å². The predicted molar refractivity (Wildman–Crippen MR) is 31.2 cm³/mol. The van der Waals surface area contributed by atoms with Gasteiger partial charge in [-0.3, -0.25) is 0 Å². The molecule has 0 spiro atoms. The summed E-state index contributed by atoms with van der Waals surface area (Å²) < 4.78 is 4.90. The zero-order valence-corrected chi connectivity index (χ0v) is 4.92. The van der Waals surface area contributed by atoms with E-state index in [1.165, 1.54) is 6.08 Å². The number of hydrogen-bond donors (Lipinski definition) is 0. The maximum absolute atomic E-state index is 7.97. The highest BCUT2D eigenvalue weighted by Gasteiger charge is 1.71. The molecule has 0 aromatic heterocycles. The lowest BCUT2D eigenvalue weighted by molar-refractivity contribution is 0.177. The van der Waals surface area contributed by atoms with Crippen LogP contribution in [0, 0.1) is 11.3 Å². The van der Waals surface area contributed by atoms with Crippen molar-refractivity contribution in [2.45, 2.75) is 6.92 Å². The third kappa shape index (κ3) is 5.19. The Kier molecular flexibility index (Phi) is 5.56. The standard InChI is InChI=1S/C6H9NO/c1-2-8-6-4-3-5-7/h3-4H,2,6H2,1H3/b4-3+. The first-order chi connectivity index (χ1) is 3.91. The molecule has 0 heterocycles. The molecule has 0 aliphatic carbocycles. The van der Waals surface area contributed by atoms with Crippen LogP contribution in [0.3, 0.4) is 0 Å². The Hall–Kier alpha value is -0.810. The summed E-state index contributed by atoms with van der Waals surface area (Å²) in [6.45, 7) is 3.17. The van der Waals surface area contributed by atoms with Gasteiger partial charge in [-0.05, 0) is 13.0 Å². The Morgan fingerprint density at radius 1 is 1.75 bits per heavy atom. The van der Waals surface area contributed by atoms with E-state index in [-0.39, 0.29) is 0 Å². The average Bonchev–Trinajstić information content (AvgIpc) is 1.81.